The second-order valence-corrected chi connectivity index (χ2v) is 5.01. The molecule has 0 amide bonds. The van der Waals surface area contributed by atoms with Crippen molar-refractivity contribution in [1.82, 2.24) is 0 Å². The molecule has 2 fully saturated rings. The molecule has 2 aliphatic heterocycles. The topological polar surface area (TPSA) is 44.8 Å². The Morgan fingerprint density at radius 2 is 2.07 bits per heavy atom. The van der Waals surface area contributed by atoms with Crippen LogP contribution in [0.5, 0.6) is 0 Å². The fraction of sp³-hybridized carbons (Fsp3) is 0.900. The van der Waals surface area contributed by atoms with E-state index in [1.807, 2.05) is 20.8 Å². The standard InChI is InChI=1S/C10H15ClO4/c1-5-8(15-10(2,3)14-5)7-4-6(11)9(12)13-7/h5-8H,4H2,1-3H3/t5-,6+,7-,8-/m1/s1. The fourth-order valence-corrected chi connectivity index (χ4v) is 2.34. The van der Waals surface area contributed by atoms with E-state index in [-0.39, 0.29) is 24.3 Å². The summed E-state index contributed by atoms with van der Waals surface area (Å²) in [7, 11) is 0. The van der Waals surface area contributed by atoms with Crippen molar-refractivity contribution in [3.63, 3.8) is 0 Å². The van der Waals surface area contributed by atoms with Crippen molar-refractivity contribution in [3.8, 4) is 0 Å². The number of esters is 1. The molecule has 0 aromatic carbocycles. The van der Waals surface area contributed by atoms with E-state index in [9.17, 15) is 4.79 Å². The van der Waals surface area contributed by atoms with E-state index >= 15 is 0 Å². The Morgan fingerprint density at radius 3 is 2.47 bits per heavy atom. The van der Waals surface area contributed by atoms with E-state index in [1.54, 1.807) is 0 Å². The predicted octanol–water partition coefficient (Wildman–Crippen LogP) is 1.45. The second-order valence-electron chi connectivity index (χ2n) is 4.48. The maximum atomic E-state index is 11.2. The van der Waals surface area contributed by atoms with Crippen molar-refractivity contribution in [1.29, 1.82) is 0 Å². The first-order valence-corrected chi connectivity index (χ1v) is 5.53. The van der Waals surface area contributed by atoms with Crippen molar-refractivity contribution < 1.29 is 19.0 Å². The zero-order valence-corrected chi connectivity index (χ0v) is 9.78. The van der Waals surface area contributed by atoms with E-state index in [0.717, 1.165) is 0 Å². The van der Waals surface area contributed by atoms with Gasteiger partial charge in [-0.3, -0.25) is 4.79 Å². The lowest BCUT2D eigenvalue weighted by Crippen LogP contribution is -2.34. The van der Waals surface area contributed by atoms with Gasteiger partial charge in [-0.05, 0) is 20.8 Å². The van der Waals surface area contributed by atoms with Gasteiger partial charge in [-0.2, -0.15) is 0 Å². The molecule has 2 saturated heterocycles. The third-order valence-electron chi connectivity index (χ3n) is 2.68. The van der Waals surface area contributed by atoms with E-state index in [0.29, 0.717) is 6.42 Å². The van der Waals surface area contributed by atoms with Crippen LogP contribution in [-0.4, -0.2) is 35.4 Å². The highest BCUT2D eigenvalue weighted by Crippen LogP contribution is 2.35. The molecular formula is C10H15ClO4. The molecule has 2 heterocycles. The lowest BCUT2D eigenvalue weighted by Gasteiger charge is -2.20. The number of ether oxygens (including phenoxy) is 3. The highest BCUT2D eigenvalue weighted by atomic mass is 35.5. The first kappa shape index (κ1) is 11.2. The summed E-state index contributed by atoms with van der Waals surface area (Å²) in [6, 6.07) is 0. The number of hydrogen-bond acceptors (Lipinski definition) is 4. The van der Waals surface area contributed by atoms with E-state index in [2.05, 4.69) is 0 Å². The Morgan fingerprint density at radius 1 is 1.40 bits per heavy atom. The number of hydrogen-bond donors (Lipinski definition) is 0. The maximum Gasteiger partial charge on any atom is 0.324 e. The number of halogens is 1. The molecule has 4 nitrogen and oxygen atoms in total. The number of alkyl halides is 1. The molecule has 2 rings (SSSR count). The van der Waals surface area contributed by atoms with E-state index in [4.69, 9.17) is 25.8 Å². The third-order valence-corrected chi connectivity index (χ3v) is 3.04. The van der Waals surface area contributed by atoms with E-state index < -0.39 is 11.2 Å². The quantitative estimate of drug-likeness (QED) is 0.509. The van der Waals surface area contributed by atoms with E-state index in [1.165, 1.54) is 0 Å². The highest BCUT2D eigenvalue weighted by molar-refractivity contribution is 6.30. The van der Waals surface area contributed by atoms with Gasteiger partial charge in [-0.15, -0.1) is 11.6 Å². The number of carbonyl (C=O) groups excluding carboxylic acids is 1. The SMILES string of the molecule is C[C@H]1OC(C)(C)O[C@H]1[C@H]1C[C@H](Cl)C(=O)O1. The van der Waals surface area contributed by atoms with Gasteiger partial charge in [-0.1, -0.05) is 0 Å². The normalized spacial score (nSPS) is 44.4. The van der Waals surface area contributed by atoms with Gasteiger partial charge in [0.2, 0.25) is 0 Å². The molecule has 0 saturated carbocycles. The van der Waals surface area contributed by atoms with Gasteiger partial charge in [0.1, 0.15) is 17.6 Å². The largest absolute Gasteiger partial charge is 0.458 e. The van der Waals surface area contributed by atoms with Crippen LogP contribution in [0.25, 0.3) is 0 Å². The summed E-state index contributed by atoms with van der Waals surface area (Å²) in [5, 5.41) is -0.547. The summed E-state index contributed by atoms with van der Waals surface area (Å²) in [4.78, 5) is 11.2. The average molecular weight is 235 g/mol. The molecule has 15 heavy (non-hydrogen) atoms. The van der Waals surface area contributed by atoms with Crippen LogP contribution >= 0.6 is 11.6 Å². The van der Waals surface area contributed by atoms with Gasteiger partial charge in [0.05, 0.1) is 6.10 Å². The van der Waals surface area contributed by atoms with Crippen molar-refractivity contribution in [3.05, 3.63) is 0 Å². The van der Waals surface area contributed by atoms with Crippen LogP contribution in [0.4, 0.5) is 0 Å². The molecule has 0 radical (unpaired) electrons. The minimum atomic E-state index is -0.610. The summed E-state index contributed by atoms with van der Waals surface area (Å²) in [6.45, 7) is 5.60. The van der Waals surface area contributed by atoms with Crippen LogP contribution in [0.2, 0.25) is 0 Å². The smallest absolute Gasteiger partial charge is 0.324 e. The first-order valence-electron chi connectivity index (χ1n) is 5.09. The van der Waals surface area contributed by atoms with Crippen molar-refractivity contribution in [2.24, 2.45) is 0 Å². The number of cyclic esters (lactones) is 1. The molecule has 2 aliphatic rings. The van der Waals surface area contributed by atoms with Gasteiger partial charge in [0.15, 0.2) is 5.79 Å². The Balaban J connectivity index is 2.04. The minimum absolute atomic E-state index is 0.0835. The van der Waals surface area contributed by atoms with Crippen molar-refractivity contribution in [2.45, 2.75) is 56.7 Å². The molecular weight excluding hydrogens is 220 g/mol. The molecule has 86 valence electrons. The van der Waals surface area contributed by atoms with Gasteiger partial charge >= 0.3 is 5.97 Å². The second kappa shape index (κ2) is 3.61. The molecule has 0 bridgehead atoms. The van der Waals surface area contributed by atoms with Crippen molar-refractivity contribution >= 4 is 17.6 Å². The highest BCUT2D eigenvalue weighted by Gasteiger charge is 2.48. The van der Waals surface area contributed by atoms with Crippen LogP contribution in [0.15, 0.2) is 0 Å². The zero-order chi connectivity index (χ0) is 11.2. The Bertz CT molecular complexity index is 279. The monoisotopic (exact) mass is 234 g/mol. The van der Waals surface area contributed by atoms with Gasteiger partial charge < -0.3 is 14.2 Å². The predicted molar refractivity (Wildman–Crippen MR) is 53.6 cm³/mol. The van der Waals surface area contributed by atoms with Crippen LogP contribution in [-0.2, 0) is 19.0 Å². The van der Waals surface area contributed by atoms with Crippen LogP contribution in [0.3, 0.4) is 0 Å². The Hall–Kier alpha value is -0.320. The molecule has 0 spiro atoms. The Kier molecular flexibility index (Phi) is 2.69. The summed E-state index contributed by atoms with van der Waals surface area (Å²) < 4.78 is 16.4. The van der Waals surface area contributed by atoms with Gasteiger partial charge in [0.25, 0.3) is 0 Å². The lowest BCUT2D eigenvalue weighted by molar-refractivity contribution is -0.163. The number of carbonyl (C=O) groups is 1. The Labute approximate surface area is 93.8 Å². The first-order chi connectivity index (χ1) is 6.89. The van der Waals surface area contributed by atoms with Gasteiger partial charge in [0, 0.05) is 6.42 Å². The molecule has 4 atom stereocenters. The summed E-state index contributed by atoms with van der Waals surface area (Å²) in [5.74, 6) is -0.969. The molecule has 0 aromatic heterocycles. The third kappa shape index (κ3) is 2.12. The molecule has 0 aromatic rings. The van der Waals surface area contributed by atoms with Crippen LogP contribution in [0, 0.1) is 0 Å². The lowest BCUT2D eigenvalue weighted by atomic mass is 10.1. The zero-order valence-electron chi connectivity index (χ0n) is 9.03. The van der Waals surface area contributed by atoms with Crippen LogP contribution < -0.4 is 0 Å². The summed E-state index contributed by atoms with van der Waals surface area (Å²) in [5.41, 5.74) is 0. The molecule has 0 N–H and O–H groups in total. The number of rotatable bonds is 1. The summed E-state index contributed by atoms with van der Waals surface area (Å²) in [6.07, 6.45) is -0.0845. The van der Waals surface area contributed by atoms with Crippen molar-refractivity contribution in [2.75, 3.05) is 0 Å². The van der Waals surface area contributed by atoms with Gasteiger partial charge in [-0.25, -0.2) is 0 Å². The molecule has 0 aliphatic carbocycles. The average Bonchev–Trinajstić information content (AvgIpc) is 2.54. The fourth-order valence-electron chi connectivity index (χ4n) is 2.12. The summed E-state index contributed by atoms with van der Waals surface area (Å²) >= 11 is 5.78. The molecule has 5 heteroatoms. The van der Waals surface area contributed by atoms with Crippen LogP contribution in [0.1, 0.15) is 27.2 Å². The maximum absolute atomic E-state index is 11.2. The molecule has 0 unspecified atom stereocenters. The minimum Gasteiger partial charge on any atom is -0.458 e.